The van der Waals surface area contributed by atoms with E-state index in [1.165, 1.54) is 11.1 Å². The standard InChI is InChI=1S/C13H17N3/c1-11(13-6-4-3-5-7-13)14-8-12-9-15-16(2)10-12/h3-7,9-11,14H,8H2,1-2H3. The first-order valence-electron chi connectivity index (χ1n) is 5.51. The van der Waals surface area contributed by atoms with Gasteiger partial charge in [0.2, 0.25) is 0 Å². The zero-order valence-corrected chi connectivity index (χ0v) is 9.72. The molecule has 0 saturated heterocycles. The van der Waals surface area contributed by atoms with Gasteiger partial charge in [0.05, 0.1) is 6.20 Å². The molecule has 2 aromatic rings. The maximum Gasteiger partial charge on any atom is 0.0534 e. The Balaban J connectivity index is 1.91. The second-order valence-corrected chi connectivity index (χ2v) is 4.04. The summed E-state index contributed by atoms with van der Waals surface area (Å²) in [6, 6.07) is 10.8. The average Bonchev–Trinajstić information content (AvgIpc) is 2.73. The molecule has 3 heteroatoms. The van der Waals surface area contributed by atoms with E-state index in [0.29, 0.717) is 6.04 Å². The molecule has 0 amide bonds. The minimum absolute atomic E-state index is 0.362. The van der Waals surface area contributed by atoms with Gasteiger partial charge in [0, 0.05) is 31.4 Å². The van der Waals surface area contributed by atoms with Gasteiger partial charge in [-0.1, -0.05) is 30.3 Å². The molecule has 0 saturated carbocycles. The molecule has 0 aliphatic heterocycles. The third kappa shape index (κ3) is 2.70. The van der Waals surface area contributed by atoms with Gasteiger partial charge >= 0.3 is 0 Å². The van der Waals surface area contributed by atoms with Crippen molar-refractivity contribution in [3.8, 4) is 0 Å². The van der Waals surface area contributed by atoms with Crippen LogP contribution < -0.4 is 5.32 Å². The van der Waals surface area contributed by atoms with E-state index in [2.05, 4.69) is 41.6 Å². The molecular formula is C13H17N3. The Bertz CT molecular complexity index is 433. The molecule has 2 rings (SSSR count). The highest BCUT2D eigenvalue weighted by Gasteiger charge is 2.04. The van der Waals surface area contributed by atoms with Crippen molar-refractivity contribution < 1.29 is 0 Å². The van der Waals surface area contributed by atoms with Crippen molar-refractivity contribution in [2.24, 2.45) is 7.05 Å². The SMILES string of the molecule is CC(NCc1cnn(C)c1)c1ccccc1. The molecule has 1 aromatic carbocycles. The van der Waals surface area contributed by atoms with Crippen LogP contribution in [0.25, 0.3) is 0 Å². The number of aryl methyl sites for hydroxylation is 1. The molecule has 1 N–H and O–H groups in total. The summed E-state index contributed by atoms with van der Waals surface area (Å²) in [5.41, 5.74) is 2.52. The molecule has 0 spiro atoms. The van der Waals surface area contributed by atoms with E-state index in [1.54, 1.807) is 0 Å². The summed E-state index contributed by atoms with van der Waals surface area (Å²) in [6.45, 7) is 3.02. The van der Waals surface area contributed by atoms with Gasteiger partial charge in [-0.25, -0.2) is 0 Å². The van der Waals surface area contributed by atoms with Gasteiger partial charge in [-0.15, -0.1) is 0 Å². The van der Waals surface area contributed by atoms with Crippen molar-refractivity contribution in [1.82, 2.24) is 15.1 Å². The third-order valence-corrected chi connectivity index (χ3v) is 2.67. The highest BCUT2D eigenvalue weighted by atomic mass is 15.2. The zero-order valence-electron chi connectivity index (χ0n) is 9.72. The molecule has 0 bridgehead atoms. The molecule has 1 unspecified atom stereocenters. The molecule has 84 valence electrons. The molecule has 0 fully saturated rings. The van der Waals surface area contributed by atoms with Crippen molar-refractivity contribution in [2.45, 2.75) is 19.5 Å². The lowest BCUT2D eigenvalue weighted by atomic mass is 10.1. The van der Waals surface area contributed by atoms with Gasteiger partial charge < -0.3 is 5.32 Å². The van der Waals surface area contributed by atoms with E-state index in [-0.39, 0.29) is 0 Å². The number of rotatable bonds is 4. The van der Waals surface area contributed by atoms with Crippen LogP contribution in [0.5, 0.6) is 0 Å². The van der Waals surface area contributed by atoms with Crippen molar-refractivity contribution in [2.75, 3.05) is 0 Å². The van der Waals surface area contributed by atoms with Gasteiger partial charge in [-0.3, -0.25) is 4.68 Å². The quantitative estimate of drug-likeness (QED) is 0.848. The van der Waals surface area contributed by atoms with Gasteiger partial charge in [0.1, 0.15) is 0 Å². The third-order valence-electron chi connectivity index (χ3n) is 2.67. The summed E-state index contributed by atoms with van der Waals surface area (Å²) in [5, 5.41) is 7.62. The van der Waals surface area contributed by atoms with E-state index < -0.39 is 0 Å². The second kappa shape index (κ2) is 4.94. The number of benzene rings is 1. The van der Waals surface area contributed by atoms with E-state index in [0.717, 1.165) is 6.54 Å². The Labute approximate surface area is 96.1 Å². The number of nitrogens with zero attached hydrogens (tertiary/aromatic N) is 2. The summed E-state index contributed by atoms with van der Waals surface area (Å²) >= 11 is 0. The van der Waals surface area contributed by atoms with Gasteiger partial charge in [-0.05, 0) is 12.5 Å². The molecule has 0 radical (unpaired) electrons. The normalized spacial score (nSPS) is 12.6. The fourth-order valence-electron chi connectivity index (χ4n) is 1.69. The Kier molecular flexibility index (Phi) is 3.37. The minimum atomic E-state index is 0.362. The predicted molar refractivity (Wildman–Crippen MR) is 64.9 cm³/mol. The van der Waals surface area contributed by atoms with Crippen LogP contribution in [0, 0.1) is 0 Å². The molecule has 1 atom stereocenters. The Morgan fingerprint density at radius 3 is 2.69 bits per heavy atom. The number of nitrogens with one attached hydrogen (secondary N) is 1. The fraction of sp³-hybridized carbons (Fsp3) is 0.308. The highest BCUT2D eigenvalue weighted by Crippen LogP contribution is 2.11. The smallest absolute Gasteiger partial charge is 0.0534 e. The first-order chi connectivity index (χ1) is 7.75. The maximum atomic E-state index is 4.14. The Hall–Kier alpha value is -1.61. The van der Waals surface area contributed by atoms with E-state index in [1.807, 2.05) is 30.2 Å². The van der Waals surface area contributed by atoms with Crippen molar-refractivity contribution in [3.63, 3.8) is 0 Å². The van der Waals surface area contributed by atoms with E-state index in [9.17, 15) is 0 Å². The van der Waals surface area contributed by atoms with Crippen molar-refractivity contribution in [3.05, 3.63) is 53.9 Å². The first kappa shape index (κ1) is 10.9. The number of hydrogen-bond acceptors (Lipinski definition) is 2. The first-order valence-corrected chi connectivity index (χ1v) is 5.51. The Morgan fingerprint density at radius 2 is 2.06 bits per heavy atom. The van der Waals surface area contributed by atoms with Crippen LogP contribution in [0.1, 0.15) is 24.1 Å². The summed E-state index contributed by atoms with van der Waals surface area (Å²) in [6.07, 6.45) is 3.93. The maximum absolute atomic E-state index is 4.14. The van der Waals surface area contributed by atoms with E-state index >= 15 is 0 Å². The average molecular weight is 215 g/mol. The molecule has 0 aliphatic carbocycles. The molecular weight excluding hydrogens is 198 g/mol. The lowest BCUT2D eigenvalue weighted by Gasteiger charge is -2.13. The van der Waals surface area contributed by atoms with Crippen LogP contribution in [-0.4, -0.2) is 9.78 Å². The predicted octanol–water partition coefficient (Wildman–Crippen LogP) is 2.27. The molecule has 1 aromatic heterocycles. The monoisotopic (exact) mass is 215 g/mol. The summed E-state index contributed by atoms with van der Waals surface area (Å²) in [4.78, 5) is 0. The number of hydrogen-bond donors (Lipinski definition) is 1. The van der Waals surface area contributed by atoms with Crippen LogP contribution in [0.4, 0.5) is 0 Å². The Morgan fingerprint density at radius 1 is 1.31 bits per heavy atom. The largest absolute Gasteiger partial charge is 0.306 e. The van der Waals surface area contributed by atoms with Crippen LogP contribution in [0.2, 0.25) is 0 Å². The minimum Gasteiger partial charge on any atom is -0.306 e. The molecule has 16 heavy (non-hydrogen) atoms. The lowest BCUT2D eigenvalue weighted by Crippen LogP contribution is -2.17. The van der Waals surface area contributed by atoms with Gasteiger partial charge in [0.15, 0.2) is 0 Å². The topological polar surface area (TPSA) is 29.9 Å². The van der Waals surface area contributed by atoms with Crippen LogP contribution in [0.3, 0.4) is 0 Å². The molecule has 0 aliphatic rings. The van der Waals surface area contributed by atoms with Gasteiger partial charge in [-0.2, -0.15) is 5.10 Å². The summed E-state index contributed by atoms with van der Waals surface area (Å²) < 4.78 is 1.82. The summed E-state index contributed by atoms with van der Waals surface area (Å²) in [7, 11) is 1.93. The highest BCUT2D eigenvalue weighted by molar-refractivity contribution is 5.18. The lowest BCUT2D eigenvalue weighted by molar-refractivity contribution is 0.574. The second-order valence-electron chi connectivity index (χ2n) is 4.04. The number of aromatic nitrogens is 2. The van der Waals surface area contributed by atoms with Crippen LogP contribution >= 0.6 is 0 Å². The van der Waals surface area contributed by atoms with Crippen molar-refractivity contribution in [1.29, 1.82) is 0 Å². The van der Waals surface area contributed by atoms with Gasteiger partial charge in [0.25, 0.3) is 0 Å². The van der Waals surface area contributed by atoms with Crippen LogP contribution in [-0.2, 0) is 13.6 Å². The summed E-state index contributed by atoms with van der Waals surface area (Å²) in [5.74, 6) is 0. The van der Waals surface area contributed by atoms with Crippen LogP contribution in [0.15, 0.2) is 42.7 Å². The molecule has 1 heterocycles. The zero-order chi connectivity index (χ0) is 11.4. The van der Waals surface area contributed by atoms with E-state index in [4.69, 9.17) is 0 Å². The van der Waals surface area contributed by atoms with Crippen molar-refractivity contribution >= 4 is 0 Å². The molecule has 3 nitrogen and oxygen atoms in total. The fourth-order valence-corrected chi connectivity index (χ4v) is 1.69.